The summed E-state index contributed by atoms with van der Waals surface area (Å²) in [6, 6.07) is 10.6. The highest BCUT2D eigenvalue weighted by atomic mass is 32.2. The molecule has 0 saturated heterocycles. The Morgan fingerprint density at radius 1 is 1.40 bits per heavy atom. The number of imidazole rings is 1. The highest BCUT2D eigenvalue weighted by Gasteiger charge is 2.31. The molecule has 0 amide bonds. The standard InChI is InChI=1S/C16H19N3S/c1-2-11-7-8-12(10-17)15(9-11)20-16-18-13-5-3-4-6-14(13)19-16/h3-6,11-12,15H,2,7-9H2,1H3,(H,18,19). The number of benzene rings is 1. The van der Waals surface area contributed by atoms with Gasteiger partial charge in [0, 0.05) is 5.25 Å². The van der Waals surface area contributed by atoms with E-state index >= 15 is 0 Å². The first kappa shape index (κ1) is 13.5. The Bertz CT molecular complexity index is 595. The molecule has 3 rings (SSSR count). The van der Waals surface area contributed by atoms with E-state index in [-0.39, 0.29) is 5.92 Å². The Morgan fingerprint density at radius 2 is 2.25 bits per heavy atom. The summed E-state index contributed by atoms with van der Waals surface area (Å²) in [4.78, 5) is 7.99. The van der Waals surface area contributed by atoms with Crippen molar-refractivity contribution in [2.75, 3.05) is 0 Å². The Morgan fingerprint density at radius 3 is 3.00 bits per heavy atom. The van der Waals surface area contributed by atoms with Crippen molar-refractivity contribution in [1.29, 1.82) is 5.26 Å². The van der Waals surface area contributed by atoms with Gasteiger partial charge < -0.3 is 4.98 Å². The van der Waals surface area contributed by atoms with Crippen molar-refractivity contribution >= 4 is 22.8 Å². The number of H-pyrrole nitrogens is 1. The fraction of sp³-hybridized carbons (Fsp3) is 0.500. The number of hydrogen-bond donors (Lipinski definition) is 1. The largest absolute Gasteiger partial charge is 0.333 e. The molecular formula is C16H19N3S. The molecule has 1 aromatic heterocycles. The normalized spacial score (nSPS) is 26.5. The van der Waals surface area contributed by atoms with Crippen molar-refractivity contribution in [1.82, 2.24) is 9.97 Å². The molecule has 0 radical (unpaired) electrons. The van der Waals surface area contributed by atoms with E-state index < -0.39 is 0 Å². The molecule has 1 fully saturated rings. The van der Waals surface area contributed by atoms with Crippen molar-refractivity contribution in [3.05, 3.63) is 24.3 Å². The Labute approximate surface area is 123 Å². The number of nitriles is 1. The van der Waals surface area contributed by atoms with Crippen molar-refractivity contribution in [2.45, 2.75) is 43.0 Å². The van der Waals surface area contributed by atoms with Gasteiger partial charge in [0.15, 0.2) is 5.16 Å². The first-order chi connectivity index (χ1) is 9.80. The van der Waals surface area contributed by atoms with Crippen LogP contribution in [0.3, 0.4) is 0 Å². The molecule has 3 unspecified atom stereocenters. The zero-order valence-electron chi connectivity index (χ0n) is 11.7. The van der Waals surface area contributed by atoms with Crippen LogP contribution in [0.1, 0.15) is 32.6 Å². The molecule has 1 N–H and O–H groups in total. The molecule has 4 heteroatoms. The van der Waals surface area contributed by atoms with Gasteiger partial charge in [0.1, 0.15) is 0 Å². The lowest BCUT2D eigenvalue weighted by atomic mass is 9.81. The molecule has 3 atom stereocenters. The number of nitrogens with one attached hydrogen (secondary N) is 1. The third-order valence-electron chi connectivity index (χ3n) is 4.27. The topological polar surface area (TPSA) is 52.5 Å². The number of hydrogen-bond acceptors (Lipinski definition) is 3. The quantitative estimate of drug-likeness (QED) is 0.910. The summed E-state index contributed by atoms with van der Waals surface area (Å²) in [5.41, 5.74) is 2.08. The summed E-state index contributed by atoms with van der Waals surface area (Å²) in [5.74, 6) is 0.928. The van der Waals surface area contributed by atoms with Gasteiger partial charge in [0.05, 0.1) is 23.0 Å². The summed E-state index contributed by atoms with van der Waals surface area (Å²) in [5, 5.41) is 10.7. The van der Waals surface area contributed by atoms with E-state index in [1.807, 2.05) is 24.3 Å². The summed E-state index contributed by atoms with van der Waals surface area (Å²) in [6.07, 6.45) is 4.59. The molecule has 1 aliphatic rings. The van der Waals surface area contributed by atoms with Crippen LogP contribution in [0.5, 0.6) is 0 Å². The van der Waals surface area contributed by atoms with E-state index in [1.54, 1.807) is 11.8 Å². The minimum Gasteiger partial charge on any atom is -0.333 e. The average Bonchev–Trinajstić information content (AvgIpc) is 2.89. The third-order valence-corrected chi connectivity index (χ3v) is 5.51. The molecule has 0 aliphatic heterocycles. The SMILES string of the molecule is CCC1CCC(C#N)C(Sc2nc3ccccc3[nH]2)C1. The van der Waals surface area contributed by atoms with Gasteiger partial charge in [-0.15, -0.1) is 0 Å². The number of aromatic nitrogens is 2. The molecule has 1 aliphatic carbocycles. The summed E-state index contributed by atoms with van der Waals surface area (Å²) >= 11 is 1.75. The fourth-order valence-electron chi connectivity index (χ4n) is 2.99. The van der Waals surface area contributed by atoms with Gasteiger partial charge in [-0.25, -0.2) is 4.98 Å². The zero-order valence-corrected chi connectivity index (χ0v) is 12.5. The van der Waals surface area contributed by atoms with Gasteiger partial charge >= 0.3 is 0 Å². The minimum absolute atomic E-state index is 0.163. The van der Waals surface area contributed by atoms with Crippen LogP contribution < -0.4 is 0 Å². The van der Waals surface area contributed by atoms with Crippen LogP contribution >= 0.6 is 11.8 Å². The Balaban J connectivity index is 1.79. The summed E-state index contributed by atoms with van der Waals surface area (Å²) in [6.45, 7) is 2.25. The van der Waals surface area contributed by atoms with E-state index in [1.165, 1.54) is 12.8 Å². The van der Waals surface area contributed by atoms with E-state index in [9.17, 15) is 5.26 Å². The van der Waals surface area contributed by atoms with Gasteiger partial charge in [0.2, 0.25) is 0 Å². The third kappa shape index (κ3) is 2.69. The molecule has 104 valence electrons. The first-order valence-corrected chi connectivity index (χ1v) is 8.19. The van der Waals surface area contributed by atoms with E-state index in [2.05, 4.69) is 23.0 Å². The van der Waals surface area contributed by atoms with Crippen LogP contribution in [-0.4, -0.2) is 15.2 Å². The van der Waals surface area contributed by atoms with Crippen LogP contribution in [0.15, 0.2) is 29.4 Å². The number of rotatable bonds is 3. The second-order valence-electron chi connectivity index (χ2n) is 5.54. The lowest BCUT2D eigenvalue weighted by Gasteiger charge is -2.31. The highest BCUT2D eigenvalue weighted by molar-refractivity contribution is 7.99. The Kier molecular flexibility index (Phi) is 3.98. The molecule has 2 aromatic rings. The monoisotopic (exact) mass is 285 g/mol. The first-order valence-electron chi connectivity index (χ1n) is 7.31. The number of fused-ring (bicyclic) bond motifs is 1. The molecule has 0 bridgehead atoms. The number of nitrogens with zero attached hydrogens (tertiary/aromatic N) is 2. The second-order valence-corrected chi connectivity index (χ2v) is 6.77. The second kappa shape index (κ2) is 5.88. The Hall–Kier alpha value is -1.47. The molecule has 1 heterocycles. The van der Waals surface area contributed by atoms with E-state index in [0.29, 0.717) is 5.25 Å². The molecule has 1 saturated carbocycles. The van der Waals surface area contributed by atoms with Gasteiger partial charge in [-0.2, -0.15) is 5.26 Å². The van der Waals surface area contributed by atoms with Crippen molar-refractivity contribution < 1.29 is 0 Å². The van der Waals surface area contributed by atoms with Crippen molar-refractivity contribution in [3.8, 4) is 6.07 Å². The number of thioether (sulfide) groups is 1. The van der Waals surface area contributed by atoms with Crippen LogP contribution in [0, 0.1) is 23.2 Å². The molecular weight excluding hydrogens is 266 g/mol. The van der Waals surface area contributed by atoms with Crippen LogP contribution in [0.2, 0.25) is 0 Å². The predicted molar refractivity (Wildman–Crippen MR) is 82.5 cm³/mol. The maximum atomic E-state index is 9.34. The fourth-order valence-corrected chi connectivity index (χ4v) is 4.33. The highest BCUT2D eigenvalue weighted by Crippen LogP contribution is 2.40. The maximum absolute atomic E-state index is 9.34. The van der Waals surface area contributed by atoms with Crippen molar-refractivity contribution in [2.24, 2.45) is 11.8 Å². The van der Waals surface area contributed by atoms with Crippen LogP contribution in [-0.2, 0) is 0 Å². The van der Waals surface area contributed by atoms with E-state index in [4.69, 9.17) is 0 Å². The summed E-state index contributed by atoms with van der Waals surface area (Å²) in [7, 11) is 0. The van der Waals surface area contributed by atoms with Gasteiger partial charge in [-0.1, -0.05) is 37.2 Å². The lowest BCUT2D eigenvalue weighted by molar-refractivity contribution is 0.317. The minimum atomic E-state index is 0.163. The number of aromatic amines is 1. The predicted octanol–water partition coefficient (Wildman–Crippen LogP) is 4.37. The van der Waals surface area contributed by atoms with Gasteiger partial charge in [-0.3, -0.25) is 0 Å². The maximum Gasteiger partial charge on any atom is 0.166 e. The molecule has 3 nitrogen and oxygen atoms in total. The number of para-hydroxylation sites is 2. The van der Waals surface area contributed by atoms with Gasteiger partial charge in [-0.05, 0) is 37.3 Å². The summed E-state index contributed by atoms with van der Waals surface area (Å²) < 4.78 is 0. The van der Waals surface area contributed by atoms with Crippen molar-refractivity contribution in [3.63, 3.8) is 0 Å². The van der Waals surface area contributed by atoms with E-state index in [0.717, 1.165) is 34.9 Å². The van der Waals surface area contributed by atoms with Crippen LogP contribution in [0.4, 0.5) is 0 Å². The lowest BCUT2D eigenvalue weighted by Crippen LogP contribution is -2.26. The van der Waals surface area contributed by atoms with Crippen LogP contribution in [0.25, 0.3) is 11.0 Å². The van der Waals surface area contributed by atoms with Gasteiger partial charge in [0.25, 0.3) is 0 Å². The zero-order chi connectivity index (χ0) is 13.9. The molecule has 20 heavy (non-hydrogen) atoms. The molecule has 0 spiro atoms. The average molecular weight is 285 g/mol. The molecule has 1 aromatic carbocycles. The smallest absolute Gasteiger partial charge is 0.166 e.